The van der Waals surface area contributed by atoms with Crippen LogP contribution < -0.4 is 5.32 Å². The molecule has 27 heavy (non-hydrogen) atoms. The van der Waals surface area contributed by atoms with Crippen LogP contribution in [0.3, 0.4) is 0 Å². The first-order chi connectivity index (χ1) is 13.1. The normalized spacial score (nSPS) is 17.6. The highest BCUT2D eigenvalue weighted by atomic mass is 16.5. The Morgan fingerprint density at radius 2 is 2.00 bits per heavy atom. The summed E-state index contributed by atoms with van der Waals surface area (Å²) in [6, 6.07) is 1.26. The van der Waals surface area contributed by atoms with E-state index in [9.17, 15) is 14.4 Å². The van der Waals surface area contributed by atoms with Crippen LogP contribution in [0.2, 0.25) is 0 Å². The van der Waals surface area contributed by atoms with Crippen molar-refractivity contribution in [1.29, 1.82) is 0 Å². The lowest BCUT2D eigenvalue weighted by Gasteiger charge is -2.37. The van der Waals surface area contributed by atoms with Crippen LogP contribution in [0.15, 0.2) is 23.0 Å². The van der Waals surface area contributed by atoms with Gasteiger partial charge in [0.2, 0.25) is 29.4 Å². The molecule has 140 valence electrons. The molecule has 1 N–H and O–H groups in total. The van der Waals surface area contributed by atoms with Gasteiger partial charge in [0.05, 0.1) is 5.92 Å². The molecular weight excluding hydrogens is 354 g/mol. The van der Waals surface area contributed by atoms with Crippen LogP contribution in [0.4, 0.5) is 4.79 Å². The summed E-state index contributed by atoms with van der Waals surface area (Å²) in [5.41, 5.74) is 0. The summed E-state index contributed by atoms with van der Waals surface area (Å²) < 4.78 is 5.26. The number of amides is 4. The van der Waals surface area contributed by atoms with Crippen molar-refractivity contribution in [3.63, 3.8) is 0 Å². The highest BCUT2D eigenvalue weighted by Crippen LogP contribution is 2.27. The van der Waals surface area contributed by atoms with Crippen molar-refractivity contribution in [2.24, 2.45) is 0 Å². The Hall–Kier alpha value is -3.37. The van der Waals surface area contributed by atoms with Gasteiger partial charge in [-0.2, -0.15) is 4.98 Å². The first-order valence-electron chi connectivity index (χ1n) is 8.57. The molecule has 2 aromatic heterocycles. The predicted octanol–water partition coefficient (Wildman–Crippen LogP) is -0.216. The minimum Gasteiger partial charge on any atom is -0.341 e. The highest BCUT2D eigenvalue weighted by Gasteiger charge is 2.36. The van der Waals surface area contributed by atoms with Gasteiger partial charge in [-0.15, -0.1) is 0 Å². The van der Waals surface area contributed by atoms with E-state index in [1.165, 1.54) is 4.90 Å². The van der Waals surface area contributed by atoms with Crippen molar-refractivity contribution in [3.8, 4) is 11.6 Å². The van der Waals surface area contributed by atoms with E-state index in [4.69, 9.17) is 4.52 Å². The van der Waals surface area contributed by atoms with E-state index in [0.717, 1.165) is 0 Å². The third-order valence-electron chi connectivity index (χ3n) is 4.53. The van der Waals surface area contributed by atoms with Crippen molar-refractivity contribution in [2.75, 3.05) is 26.2 Å². The van der Waals surface area contributed by atoms with Crippen molar-refractivity contribution in [2.45, 2.75) is 18.8 Å². The molecule has 0 unspecified atom stereocenters. The SMILES string of the molecule is O=C1CCN(CCC(=O)N2CC(c3nc(-c4ncccn4)no3)C2)C(=O)N1. The topological polar surface area (TPSA) is 134 Å². The molecule has 11 nitrogen and oxygen atoms in total. The first-order valence-corrected chi connectivity index (χ1v) is 8.57. The monoisotopic (exact) mass is 371 g/mol. The van der Waals surface area contributed by atoms with Crippen LogP contribution in [0.5, 0.6) is 0 Å². The zero-order valence-corrected chi connectivity index (χ0v) is 14.4. The summed E-state index contributed by atoms with van der Waals surface area (Å²) in [4.78, 5) is 50.6. The lowest BCUT2D eigenvalue weighted by atomic mass is 9.99. The van der Waals surface area contributed by atoms with Crippen LogP contribution in [-0.4, -0.2) is 73.9 Å². The molecule has 0 aliphatic carbocycles. The maximum Gasteiger partial charge on any atom is 0.324 e. The molecule has 11 heteroatoms. The molecule has 0 aromatic carbocycles. The van der Waals surface area contributed by atoms with Crippen molar-refractivity contribution in [3.05, 3.63) is 24.4 Å². The lowest BCUT2D eigenvalue weighted by molar-refractivity contribution is -0.136. The molecule has 2 aromatic rings. The quantitative estimate of drug-likeness (QED) is 0.762. The van der Waals surface area contributed by atoms with Gasteiger partial charge in [0.15, 0.2) is 0 Å². The Labute approximate surface area is 153 Å². The Kier molecular flexibility index (Phi) is 4.48. The molecule has 4 rings (SSSR count). The van der Waals surface area contributed by atoms with Gasteiger partial charge in [-0.1, -0.05) is 5.16 Å². The zero-order valence-electron chi connectivity index (χ0n) is 14.4. The maximum atomic E-state index is 12.3. The molecule has 0 saturated carbocycles. The maximum absolute atomic E-state index is 12.3. The number of nitrogens with zero attached hydrogens (tertiary/aromatic N) is 6. The number of aromatic nitrogens is 4. The fourth-order valence-electron chi connectivity index (χ4n) is 2.95. The average Bonchev–Trinajstić information content (AvgIpc) is 3.10. The number of hydrogen-bond acceptors (Lipinski definition) is 8. The van der Waals surface area contributed by atoms with Crippen LogP contribution >= 0.6 is 0 Å². The molecule has 0 spiro atoms. The third kappa shape index (κ3) is 3.61. The first kappa shape index (κ1) is 17.1. The molecule has 4 heterocycles. The molecule has 4 amide bonds. The molecule has 2 aliphatic rings. The minimum absolute atomic E-state index is 0.0187. The van der Waals surface area contributed by atoms with Gasteiger partial charge < -0.3 is 14.3 Å². The smallest absolute Gasteiger partial charge is 0.324 e. The highest BCUT2D eigenvalue weighted by molar-refractivity contribution is 5.96. The number of likely N-dealkylation sites (tertiary alicyclic amines) is 1. The van der Waals surface area contributed by atoms with Crippen molar-refractivity contribution >= 4 is 17.8 Å². The average molecular weight is 371 g/mol. The fraction of sp³-hybridized carbons (Fsp3) is 0.438. The van der Waals surface area contributed by atoms with Gasteiger partial charge in [-0.3, -0.25) is 14.9 Å². The minimum atomic E-state index is -0.443. The molecule has 2 fully saturated rings. The van der Waals surface area contributed by atoms with Gasteiger partial charge in [0.1, 0.15) is 0 Å². The van der Waals surface area contributed by atoms with Crippen LogP contribution in [0.25, 0.3) is 11.6 Å². The number of imide groups is 1. The standard InChI is InChI=1S/C16H17N7O4/c24-11-2-6-22(16(26)19-11)7-3-12(25)23-8-10(9-23)15-20-14(21-27-15)13-17-4-1-5-18-13/h1,4-5,10H,2-3,6-9H2,(H,19,24,26). The van der Waals surface area contributed by atoms with E-state index in [-0.39, 0.29) is 37.1 Å². The predicted molar refractivity (Wildman–Crippen MR) is 89.0 cm³/mol. The number of urea groups is 1. The summed E-state index contributed by atoms with van der Waals surface area (Å²) in [6.45, 7) is 1.60. The molecule has 2 aliphatic heterocycles. The summed E-state index contributed by atoms with van der Waals surface area (Å²) >= 11 is 0. The molecular formula is C16H17N7O4. The van der Waals surface area contributed by atoms with Crippen molar-refractivity contribution < 1.29 is 18.9 Å². The van der Waals surface area contributed by atoms with E-state index in [2.05, 4.69) is 25.4 Å². The number of carbonyl (C=O) groups excluding carboxylic acids is 3. The Morgan fingerprint density at radius 3 is 2.74 bits per heavy atom. The lowest BCUT2D eigenvalue weighted by Crippen LogP contribution is -2.52. The fourth-order valence-corrected chi connectivity index (χ4v) is 2.95. The molecule has 0 atom stereocenters. The second-order valence-electron chi connectivity index (χ2n) is 6.36. The largest absolute Gasteiger partial charge is 0.341 e. The number of hydrogen-bond donors (Lipinski definition) is 1. The molecule has 0 bridgehead atoms. The van der Waals surface area contributed by atoms with Crippen LogP contribution in [-0.2, 0) is 9.59 Å². The second kappa shape index (κ2) is 7.09. The van der Waals surface area contributed by atoms with Gasteiger partial charge >= 0.3 is 6.03 Å². The summed E-state index contributed by atoms with van der Waals surface area (Å²) in [5.74, 6) is 0.805. The summed E-state index contributed by atoms with van der Waals surface area (Å²) in [5, 5.41) is 6.12. The second-order valence-corrected chi connectivity index (χ2v) is 6.36. The molecule has 2 saturated heterocycles. The Morgan fingerprint density at radius 1 is 1.22 bits per heavy atom. The van der Waals surface area contributed by atoms with Gasteiger partial charge in [-0.25, -0.2) is 14.8 Å². The van der Waals surface area contributed by atoms with Gasteiger partial charge in [-0.05, 0) is 6.07 Å². The van der Waals surface area contributed by atoms with E-state index in [1.807, 2.05) is 0 Å². The third-order valence-corrected chi connectivity index (χ3v) is 4.53. The van der Waals surface area contributed by atoms with E-state index < -0.39 is 6.03 Å². The number of carbonyl (C=O) groups is 3. The zero-order chi connectivity index (χ0) is 18.8. The summed E-state index contributed by atoms with van der Waals surface area (Å²) in [7, 11) is 0. The van der Waals surface area contributed by atoms with Crippen LogP contribution in [0.1, 0.15) is 24.7 Å². The van der Waals surface area contributed by atoms with Crippen LogP contribution in [0, 0.1) is 0 Å². The molecule has 0 radical (unpaired) electrons. The van der Waals surface area contributed by atoms with Gasteiger partial charge in [0, 0.05) is 51.4 Å². The van der Waals surface area contributed by atoms with Gasteiger partial charge in [0.25, 0.3) is 0 Å². The Bertz CT molecular complexity index is 863. The van der Waals surface area contributed by atoms with E-state index in [1.54, 1.807) is 23.4 Å². The Balaban J connectivity index is 1.26. The number of nitrogens with one attached hydrogen (secondary N) is 1. The summed E-state index contributed by atoms with van der Waals surface area (Å²) in [6.07, 6.45) is 3.67. The van der Waals surface area contributed by atoms with Crippen molar-refractivity contribution in [1.82, 2.24) is 35.2 Å². The van der Waals surface area contributed by atoms with E-state index in [0.29, 0.717) is 37.2 Å². The van der Waals surface area contributed by atoms with E-state index >= 15 is 0 Å². The number of rotatable bonds is 5.